The third-order valence-corrected chi connectivity index (χ3v) is 5.01. The lowest BCUT2D eigenvalue weighted by Gasteiger charge is -2.15. The van der Waals surface area contributed by atoms with Gasteiger partial charge >= 0.3 is 0 Å². The number of para-hydroxylation sites is 1. The number of benzene rings is 2. The second kappa shape index (κ2) is 9.15. The van der Waals surface area contributed by atoms with Crippen LogP contribution in [0.5, 0.6) is 5.75 Å². The van der Waals surface area contributed by atoms with Crippen LogP contribution in [0.3, 0.4) is 0 Å². The standard InChI is InChI=1S/C24H21F2N3O3/c1-15-5-4-10-29-13-17(28-23(15)29)14-32-22-7-3-2-6-19(22)24(31)27-12-21(30)18-9-8-16(25)11-20(18)26/h2-11,13,21,30H,12,14H2,1H3,(H,27,31). The van der Waals surface area contributed by atoms with Gasteiger partial charge in [-0.2, -0.15) is 0 Å². The van der Waals surface area contributed by atoms with Crippen LogP contribution >= 0.6 is 0 Å². The Morgan fingerprint density at radius 1 is 1.19 bits per heavy atom. The number of aliphatic hydroxyl groups is 1. The summed E-state index contributed by atoms with van der Waals surface area (Å²) in [5, 5.41) is 12.7. The number of nitrogens with zero attached hydrogens (tertiary/aromatic N) is 2. The maximum Gasteiger partial charge on any atom is 0.255 e. The molecular weight excluding hydrogens is 416 g/mol. The first-order chi connectivity index (χ1) is 15.4. The number of ether oxygens (including phenoxy) is 1. The molecule has 2 aromatic heterocycles. The van der Waals surface area contributed by atoms with E-state index in [0.29, 0.717) is 17.5 Å². The Balaban J connectivity index is 1.42. The fourth-order valence-corrected chi connectivity index (χ4v) is 3.37. The fourth-order valence-electron chi connectivity index (χ4n) is 3.37. The molecule has 6 nitrogen and oxygen atoms in total. The van der Waals surface area contributed by atoms with Crippen LogP contribution in [0.15, 0.2) is 67.0 Å². The molecule has 0 fully saturated rings. The predicted octanol–water partition coefficient (Wildman–Crippen LogP) is 3.96. The molecule has 0 aliphatic rings. The highest BCUT2D eigenvalue weighted by atomic mass is 19.1. The number of hydrogen-bond donors (Lipinski definition) is 2. The topological polar surface area (TPSA) is 75.9 Å². The zero-order valence-electron chi connectivity index (χ0n) is 17.3. The highest BCUT2D eigenvalue weighted by Crippen LogP contribution is 2.21. The molecular formula is C24H21F2N3O3. The van der Waals surface area contributed by atoms with Gasteiger partial charge in [0.05, 0.1) is 17.4 Å². The highest BCUT2D eigenvalue weighted by Gasteiger charge is 2.17. The Kier molecular flexibility index (Phi) is 6.13. The Morgan fingerprint density at radius 2 is 2.00 bits per heavy atom. The van der Waals surface area contributed by atoms with E-state index in [-0.39, 0.29) is 24.3 Å². The van der Waals surface area contributed by atoms with Crippen LogP contribution in [0.4, 0.5) is 8.78 Å². The molecule has 8 heteroatoms. The fraction of sp³-hybridized carbons (Fsp3) is 0.167. The van der Waals surface area contributed by atoms with Crippen LogP contribution in [0.1, 0.15) is 33.3 Å². The summed E-state index contributed by atoms with van der Waals surface area (Å²) >= 11 is 0. The van der Waals surface area contributed by atoms with E-state index in [1.54, 1.807) is 24.3 Å². The number of aliphatic hydroxyl groups excluding tert-OH is 1. The molecule has 2 N–H and O–H groups in total. The van der Waals surface area contributed by atoms with Crippen LogP contribution in [-0.2, 0) is 6.61 Å². The molecule has 0 aliphatic heterocycles. The summed E-state index contributed by atoms with van der Waals surface area (Å²) in [5.74, 6) is -1.76. The Labute approximate surface area is 183 Å². The van der Waals surface area contributed by atoms with E-state index in [1.165, 1.54) is 0 Å². The first kappa shape index (κ1) is 21.5. The second-order valence-electron chi connectivity index (χ2n) is 7.33. The predicted molar refractivity (Wildman–Crippen MR) is 114 cm³/mol. The summed E-state index contributed by atoms with van der Waals surface area (Å²) in [6.07, 6.45) is 2.43. The molecule has 164 valence electrons. The third-order valence-electron chi connectivity index (χ3n) is 5.01. The molecule has 0 bridgehead atoms. The molecule has 0 radical (unpaired) electrons. The quantitative estimate of drug-likeness (QED) is 0.459. The van der Waals surface area contributed by atoms with Gasteiger partial charge < -0.3 is 19.6 Å². The van der Waals surface area contributed by atoms with E-state index in [2.05, 4.69) is 10.3 Å². The lowest BCUT2D eigenvalue weighted by atomic mass is 10.1. The molecule has 0 saturated heterocycles. The minimum Gasteiger partial charge on any atom is -0.486 e. The van der Waals surface area contributed by atoms with Gasteiger partial charge in [-0.3, -0.25) is 4.79 Å². The number of pyridine rings is 1. The molecule has 4 rings (SSSR count). The lowest BCUT2D eigenvalue weighted by molar-refractivity contribution is 0.0909. The number of halogens is 2. The first-order valence-electron chi connectivity index (χ1n) is 9.98. The second-order valence-corrected chi connectivity index (χ2v) is 7.33. The number of carbonyl (C=O) groups is 1. The van der Waals surface area contributed by atoms with Gasteiger partial charge in [0.15, 0.2) is 0 Å². The van der Waals surface area contributed by atoms with Crippen LogP contribution in [0.25, 0.3) is 5.65 Å². The highest BCUT2D eigenvalue weighted by molar-refractivity contribution is 5.96. The van der Waals surface area contributed by atoms with Crippen molar-refractivity contribution in [3.63, 3.8) is 0 Å². The number of fused-ring (bicyclic) bond motifs is 1. The van der Waals surface area contributed by atoms with Crippen LogP contribution in [0, 0.1) is 18.6 Å². The molecule has 0 saturated carbocycles. The number of nitrogens with one attached hydrogen (secondary N) is 1. The number of imidazole rings is 1. The smallest absolute Gasteiger partial charge is 0.255 e. The zero-order chi connectivity index (χ0) is 22.7. The van der Waals surface area contributed by atoms with E-state index in [0.717, 1.165) is 23.3 Å². The van der Waals surface area contributed by atoms with E-state index < -0.39 is 23.6 Å². The molecule has 32 heavy (non-hydrogen) atoms. The van der Waals surface area contributed by atoms with Crippen molar-refractivity contribution < 1.29 is 23.4 Å². The first-order valence-corrected chi connectivity index (χ1v) is 9.98. The Hall–Kier alpha value is -3.78. The van der Waals surface area contributed by atoms with E-state index in [1.807, 2.05) is 35.9 Å². The number of aryl methyl sites for hydroxylation is 1. The van der Waals surface area contributed by atoms with Crippen molar-refractivity contribution in [3.8, 4) is 5.75 Å². The molecule has 1 atom stereocenters. The summed E-state index contributed by atoms with van der Waals surface area (Å²) in [7, 11) is 0. The normalized spacial score (nSPS) is 12.0. The van der Waals surface area contributed by atoms with Crippen molar-refractivity contribution in [1.29, 1.82) is 0 Å². The van der Waals surface area contributed by atoms with Gasteiger partial charge in [0.25, 0.3) is 5.91 Å². The maximum absolute atomic E-state index is 13.8. The van der Waals surface area contributed by atoms with Crippen LogP contribution < -0.4 is 10.1 Å². The van der Waals surface area contributed by atoms with E-state index in [9.17, 15) is 18.7 Å². The average Bonchev–Trinajstić information content (AvgIpc) is 3.20. The third kappa shape index (κ3) is 4.60. The van der Waals surface area contributed by atoms with Crippen molar-refractivity contribution in [3.05, 3.63) is 101 Å². The monoisotopic (exact) mass is 437 g/mol. The van der Waals surface area contributed by atoms with Gasteiger partial charge in [0.1, 0.15) is 29.6 Å². The van der Waals surface area contributed by atoms with Crippen molar-refractivity contribution in [2.24, 2.45) is 0 Å². The maximum atomic E-state index is 13.8. The minimum atomic E-state index is -1.33. The number of carbonyl (C=O) groups excluding carboxylic acids is 1. The molecule has 1 unspecified atom stereocenters. The summed E-state index contributed by atoms with van der Waals surface area (Å²) in [6.45, 7) is 1.88. The van der Waals surface area contributed by atoms with Crippen molar-refractivity contribution in [2.45, 2.75) is 19.6 Å². The molecule has 2 heterocycles. The number of hydrogen-bond acceptors (Lipinski definition) is 4. The Bertz CT molecular complexity index is 1270. The molecule has 1 amide bonds. The molecule has 0 aliphatic carbocycles. The van der Waals surface area contributed by atoms with Gasteiger partial charge in [-0.15, -0.1) is 0 Å². The zero-order valence-corrected chi connectivity index (χ0v) is 17.3. The van der Waals surface area contributed by atoms with Crippen molar-refractivity contribution >= 4 is 11.6 Å². The summed E-state index contributed by atoms with van der Waals surface area (Å²) < 4.78 is 34.6. The summed E-state index contributed by atoms with van der Waals surface area (Å²) in [6, 6.07) is 13.5. The molecule has 4 aromatic rings. The SMILES string of the molecule is Cc1cccn2cc(COc3ccccc3C(=O)NCC(O)c3ccc(F)cc3F)nc12. The molecule has 2 aromatic carbocycles. The van der Waals surface area contributed by atoms with E-state index in [4.69, 9.17) is 4.74 Å². The molecule has 0 spiro atoms. The van der Waals surface area contributed by atoms with Crippen molar-refractivity contribution in [2.75, 3.05) is 6.54 Å². The van der Waals surface area contributed by atoms with Gasteiger partial charge in [-0.05, 0) is 36.8 Å². The average molecular weight is 437 g/mol. The van der Waals surface area contributed by atoms with Gasteiger partial charge in [-0.25, -0.2) is 13.8 Å². The van der Waals surface area contributed by atoms with E-state index >= 15 is 0 Å². The van der Waals surface area contributed by atoms with Gasteiger partial charge in [0.2, 0.25) is 0 Å². The van der Waals surface area contributed by atoms with Gasteiger partial charge in [-0.1, -0.05) is 24.3 Å². The Morgan fingerprint density at radius 3 is 2.78 bits per heavy atom. The van der Waals surface area contributed by atoms with Crippen LogP contribution in [0.2, 0.25) is 0 Å². The lowest BCUT2D eigenvalue weighted by Crippen LogP contribution is -2.29. The number of aromatic nitrogens is 2. The summed E-state index contributed by atoms with van der Waals surface area (Å²) in [4.78, 5) is 17.2. The minimum absolute atomic E-state index is 0.0987. The largest absolute Gasteiger partial charge is 0.486 e. The van der Waals surface area contributed by atoms with Gasteiger partial charge in [0, 0.05) is 30.6 Å². The van der Waals surface area contributed by atoms with Crippen LogP contribution in [-0.4, -0.2) is 26.9 Å². The number of rotatable bonds is 7. The summed E-state index contributed by atoms with van der Waals surface area (Å²) in [5.41, 5.74) is 2.74. The van der Waals surface area contributed by atoms with Crippen molar-refractivity contribution in [1.82, 2.24) is 14.7 Å². The number of amides is 1.